The molecule has 9 heavy (non-hydrogen) atoms. The number of rotatable bonds is 0. The smallest absolute Gasteiger partial charge is 0.169 e. The number of nitrogens with zero attached hydrogens (tertiary/aromatic N) is 1. The Morgan fingerprint density at radius 2 is 2.33 bits per heavy atom. The van der Waals surface area contributed by atoms with E-state index >= 15 is 0 Å². The molecule has 1 aliphatic rings. The van der Waals surface area contributed by atoms with Crippen LogP contribution in [0.2, 0.25) is 0 Å². The zero-order valence-electron chi connectivity index (χ0n) is 6.00. The van der Waals surface area contributed by atoms with Crippen LogP contribution in [0, 0.1) is 5.92 Å². The Morgan fingerprint density at radius 1 is 1.56 bits per heavy atom. The zero-order valence-corrected chi connectivity index (χ0v) is 6.00. The van der Waals surface area contributed by atoms with Crippen LogP contribution >= 0.6 is 0 Å². The van der Waals surface area contributed by atoms with E-state index in [1.165, 1.54) is 0 Å². The molecule has 2 atom stereocenters. The summed E-state index contributed by atoms with van der Waals surface area (Å²) in [5, 5.41) is 0. The lowest BCUT2D eigenvalue weighted by molar-refractivity contribution is 0.261. The first-order valence-corrected chi connectivity index (χ1v) is 3.42. The summed E-state index contributed by atoms with van der Waals surface area (Å²) < 4.78 is 5.09. The van der Waals surface area contributed by atoms with Crippen LogP contribution in [0.4, 0.5) is 0 Å². The molecule has 0 aliphatic carbocycles. The third kappa shape index (κ3) is 2.04. The first-order valence-electron chi connectivity index (χ1n) is 3.42. The van der Waals surface area contributed by atoms with Crippen molar-refractivity contribution in [1.82, 2.24) is 0 Å². The van der Waals surface area contributed by atoms with Crippen molar-refractivity contribution in [2.24, 2.45) is 10.9 Å². The summed E-state index contributed by atoms with van der Waals surface area (Å²) in [5.74, 6) is 0.655. The van der Waals surface area contributed by atoms with E-state index in [4.69, 9.17) is 4.74 Å². The van der Waals surface area contributed by atoms with Crippen LogP contribution < -0.4 is 0 Å². The van der Waals surface area contributed by atoms with Crippen molar-refractivity contribution in [1.29, 1.82) is 0 Å². The lowest BCUT2D eigenvalue weighted by atomic mass is 10.1. The van der Waals surface area contributed by atoms with Crippen molar-refractivity contribution >= 4 is 6.40 Å². The summed E-state index contributed by atoms with van der Waals surface area (Å²) in [6, 6.07) is 0.447. The van der Waals surface area contributed by atoms with Gasteiger partial charge in [0, 0.05) is 0 Å². The van der Waals surface area contributed by atoms with Gasteiger partial charge in [0.1, 0.15) is 0 Å². The van der Waals surface area contributed by atoms with E-state index in [0.29, 0.717) is 12.0 Å². The van der Waals surface area contributed by atoms with Gasteiger partial charge in [-0.2, -0.15) is 0 Å². The third-order valence-corrected chi connectivity index (χ3v) is 1.51. The summed E-state index contributed by atoms with van der Waals surface area (Å²) in [5.41, 5.74) is 0. The monoisotopic (exact) mass is 127 g/mol. The average Bonchev–Trinajstić information content (AvgIpc) is 1.93. The van der Waals surface area contributed by atoms with Gasteiger partial charge in [-0.3, -0.25) is 4.99 Å². The normalized spacial score (nSPS) is 35.3. The van der Waals surface area contributed by atoms with Gasteiger partial charge in [0.15, 0.2) is 6.40 Å². The number of aliphatic imine (C=N–C) groups is 1. The van der Waals surface area contributed by atoms with Crippen molar-refractivity contribution < 1.29 is 4.74 Å². The van der Waals surface area contributed by atoms with Crippen LogP contribution in [0.1, 0.15) is 20.3 Å². The first-order chi connectivity index (χ1) is 4.29. The molecule has 1 rings (SSSR count). The van der Waals surface area contributed by atoms with Crippen molar-refractivity contribution in [2.75, 3.05) is 6.61 Å². The van der Waals surface area contributed by atoms with Gasteiger partial charge in [-0.15, -0.1) is 0 Å². The zero-order chi connectivity index (χ0) is 6.69. The molecule has 0 spiro atoms. The van der Waals surface area contributed by atoms with E-state index in [1.807, 2.05) is 0 Å². The molecule has 2 unspecified atom stereocenters. The molecule has 0 fully saturated rings. The van der Waals surface area contributed by atoms with Gasteiger partial charge in [-0.1, -0.05) is 6.92 Å². The number of hydrogen-bond donors (Lipinski definition) is 0. The van der Waals surface area contributed by atoms with Crippen LogP contribution in [0.15, 0.2) is 4.99 Å². The van der Waals surface area contributed by atoms with Crippen molar-refractivity contribution in [3.05, 3.63) is 0 Å². The quantitative estimate of drug-likeness (QED) is 0.482. The van der Waals surface area contributed by atoms with E-state index in [2.05, 4.69) is 18.8 Å². The molecule has 0 aromatic rings. The van der Waals surface area contributed by atoms with E-state index in [9.17, 15) is 0 Å². The summed E-state index contributed by atoms with van der Waals surface area (Å²) in [4.78, 5) is 4.13. The van der Waals surface area contributed by atoms with E-state index in [-0.39, 0.29) is 0 Å². The average molecular weight is 127 g/mol. The van der Waals surface area contributed by atoms with Gasteiger partial charge in [0.25, 0.3) is 0 Å². The second kappa shape index (κ2) is 2.85. The lowest BCUT2D eigenvalue weighted by Gasteiger charge is -2.07. The van der Waals surface area contributed by atoms with E-state index in [1.54, 1.807) is 6.40 Å². The summed E-state index contributed by atoms with van der Waals surface area (Å²) in [7, 11) is 0. The molecule has 0 saturated heterocycles. The minimum absolute atomic E-state index is 0.447. The topological polar surface area (TPSA) is 21.6 Å². The summed E-state index contributed by atoms with van der Waals surface area (Å²) in [6.45, 7) is 5.13. The Bertz CT molecular complexity index is 111. The lowest BCUT2D eigenvalue weighted by Crippen LogP contribution is -2.06. The maximum atomic E-state index is 5.09. The molecule has 2 nitrogen and oxygen atoms in total. The number of ether oxygens (including phenoxy) is 1. The van der Waals surface area contributed by atoms with Gasteiger partial charge >= 0.3 is 0 Å². The molecule has 1 aliphatic heterocycles. The van der Waals surface area contributed by atoms with Crippen LogP contribution in [-0.4, -0.2) is 19.0 Å². The van der Waals surface area contributed by atoms with Crippen LogP contribution in [0.25, 0.3) is 0 Å². The maximum absolute atomic E-state index is 5.09. The minimum Gasteiger partial charge on any atom is -0.483 e. The highest BCUT2D eigenvalue weighted by atomic mass is 16.5. The fourth-order valence-electron chi connectivity index (χ4n) is 1.07. The molecule has 0 bridgehead atoms. The highest BCUT2D eigenvalue weighted by molar-refractivity contribution is 5.46. The van der Waals surface area contributed by atoms with E-state index in [0.717, 1.165) is 13.0 Å². The molecule has 0 saturated carbocycles. The highest BCUT2D eigenvalue weighted by Gasteiger charge is 2.09. The van der Waals surface area contributed by atoms with Gasteiger partial charge in [0.05, 0.1) is 12.6 Å². The molecule has 0 aromatic heterocycles. The van der Waals surface area contributed by atoms with Gasteiger partial charge < -0.3 is 4.74 Å². The SMILES string of the molecule is CC1COC=NC(C)C1. The minimum atomic E-state index is 0.447. The Hall–Kier alpha value is -0.530. The molecular weight excluding hydrogens is 114 g/mol. The fraction of sp³-hybridized carbons (Fsp3) is 0.857. The largest absolute Gasteiger partial charge is 0.483 e. The molecule has 0 amide bonds. The predicted molar refractivity (Wildman–Crippen MR) is 37.7 cm³/mol. The molecule has 1 heterocycles. The Morgan fingerprint density at radius 3 is 3.11 bits per heavy atom. The van der Waals surface area contributed by atoms with Crippen molar-refractivity contribution in [3.63, 3.8) is 0 Å². The molecule has 0 radical (unpaired) electrons. The van der Waals surface area contributed by atoms with Gasteiger partial charge in [-0.25, -0.2) is 0 Å². The summed E-state index contributed by atoms with van der Waals surface area (Å²) >= 11 is 0. The number of hydrogen-bond acceptors (Lipinski definition) is 2. The summed E-state index contributed by atoms with van der Waals surface area (Å²) in [6.07, 6.45) is 2.73. The van der Waals surface area contributed by atoms with Crippen molar-refractivity contribution in [3.8, 4) is 0 Å². The molecular formula is C7H13NO. The highest BCUT2D eigenvalue weighted by Crippen LogP contribution is 2.10. The Kier molecular flexibility index (Phi) is 2.09. The molecule has 0 aromatic carbocycles. The van der Waals surface area contributed by atoms with E-state index < -0.39 is 0 Å². The maximum Gasteiger partial charge on any atom is 0.169 e. The second-order valence-electron chi connectivity index (χ2n) is 2.78. The standard InChI is InChI=1S/C7H13NO/c1-6-3-7(2)8-5-9-4-6/h5-7H,3-4H2,1-2H3. The van der Waals surface area contributed by atoms with Crippen molar-refractivity contribution in [2.45, 2.75) is 26.3 Å². The van der Waals surface area contributed by atoms with Gasteiger partial charge in [0.2, 0.25) is 0 Å². The Labute approximate surface area is 55.9 Å². The van der Waals surface area contributed by atoms with Gasteiger partial charge in [-0.05, 0) is 19.3 Å². The van der Waals surface area contributed by atoms with Crippen LogP contribution in [-0.2, 0) is 4.74 Å². The third-order valence-electron chi connectivity index (χ3n) is 1.51. The Balaban J connectivity index is 2.40. The van der Waals surface area contributed by atoms with Crippen LogP contribution in [0.3, 0.4) is 0 Å². The van der Waals surface area contributed by atoms with Crippen LogP contribution in [0.5, 0.6) is 0 Å². The molecule has 52 valence electrons. The first kappa shape index (κ1) is 6.59. The predicted octanol–water partition coefficient (Wildman–Crippen LogP) is 1.46. The molecule has 0 N–H and O–H groups in total. The second-order valence-corrected chi connectivity index (χ2v) is 2.78. The molecule has 2 heteroatoms. The fourth-order valence-corrected chi connectivity index (χ4v) is 1.07.